The van der Waals surface area contributed by atoms with Crippen LogP contribution in [0.15, 0.2) is 12.4 Å². The summed E-state index contributed by atoms with van der Waals surface area (Å²) < 4.78 is 0. The van der Waals surface area contributed by atoms with Gasteiger partial charge in [-0.25, -0.2) is 4.98 Å². The topological polar surface area (TPSA) is 68.9 Å². The van der Waals surface area contributed by atoms with Gasteiger partial charge in [-0.15, -0.1) is 0 Å². The van der Waals surface area contributed by atoms with Crippen LogP contribution in [0.1, 0.15) is 23.1 Å². The van der Waals surface area contributed by atoms with Gasteiger partial charge in [0.1, 0.15) is 5.69 Å². The minimum atomic E-state index is -0.514. The molecule has 0 saturated heterocycles. The number of ketones is 1. The number of rotatable bonds is 2. The van der Waals surface area contributed by atoms with Gasteiger partial charge in [0.15, 0.2) is 5.78 Å². The zero-order valence-electron chi connectivity index (χ0n) is 7.11. The lowest BCUT2D eigenvalue weighted by atomic mass is 10.1. The second kappa shape index (κ2) is 3.40. The molecular formula is C8H11N3O. The smallest absolute Gasteiger partial charge is 0.199 e. The Balaban J connectivity index is 3.03. The van der Waals surface area contributed by atoms with Crippen molar-refractivity contribution >= 4 is 5.78 Å². The highest BCUT2D eigenvalue weighted by atomic mass is 16.1. The summed E-state index contributed by atoms with van der Waals surface area (Å²) in [5.74, 6) is -0.166. The molecule has 0 fully saturated rings. The fraction of sp³-hybridized carbons (Fsp3) is 0.375. The van der Waals surface area contributed by atoms with Crippen LogP contribution in [-0.4, -0.2) is 21.8 Å². The molecule has 1 heterocycles. The van der Waals surface area contributed by atoms with Crippen LogP contribution < -0.4 is 5.73 Å². The molecule has 0 aromatic carbocycles. The SMILES string of the molecule is Cc1nccnc1C(=O)C(C)N. The lowest BCUT2D eigenvalue weighted by Crippen LogP contribution is -2.28. The predicted molar refractivity (Wildman–Crippen MR) is 44.7 cm³/mol. The van der Waals surface area contributed by atoms with Crippen molar-refractivity contribution in [3.63, 3.8) is 0 Å². The molecule has 1 aromatic heterocycles. The Labute approximate surface area is 70.8 Å². The van der Waals surface area contributed by atoms with Crippen molar-refractivity contribution in [2.24, 2.45) is 5.73 Å². The average Bonchev–Trinajstić information content (AvgIpc) is 2.04. The Morgan fingerprint density at radius 3 is 2.58 bits per heavy atom. The van der Waals surface area contributed by atoms with E-state index in [0.29, 0.717) is 11.4 Å². The Bertz CT molecular complexity index is 296. The normalized spacial score (nSPS) is 12.6. The third kappa shape index (κ3) is 1.65. The summed E-state index contributed by atoms with van der Waals surface area (Å²) >= 11 is 0. The molecule has 1 aromatic rings. The first-order valence-corrected chi connectivity index (χ1v) is 3.70. The van der Waals surface area contributed by atoms with Gasteiger partial charge in [0.25, 0.3) is 0 Å². The molecule has 2 N–H and O–H groups in total. The van der Waals surface area contributed by atoms with Crippen molar-refractivity contribution in [3.05, 3.63) is 23.8 Å². The van der Waals surface area contributed by atoms with E-state index in [1.54, 1.807) is 20.0 Å². The fourth-order valence-corrected chi connectivity index (χ4v) is 0.865. The molecule has 0 spiro atoms. The first kappa shape index (κ1) is 8.80. The van der Waals surface area contributed by atoms with Crippen LogP contribution in [0.2, 0.25) is 0 Å². The van der Waals surface area contributed by atoms with Crippen LogP contribution in [0.3, 0.4) is 0 Å². The monoisotopic (exact) mass is 165 g/mol. The lowest BCUT2D eigenvalue weighted by molar-refractivity contribution is 0.0962. The van der Waals surface area contributed by atoms with Gasteiger partial charge in [-0.2, -0.15) is 0 Å². The highest BCUT2D eigenvalue weighted by Gasteiger charge is 2.14. The molecule has 12 heavy (non-hydrogen) atoms. The van der Waals surface area contributed by atoms with Crippen molar-refractivity contribution in [2.75, 3.05) is 0 Å². The Morgan fingerprint density at radius 2 is 2.08 bits per heavy atom. The summed E-state index contributed by atoms with van der Waals surface area (Å²) in [5, 5.41) is 0. The van der Waals surface area contributed by atoms with E-state index in [9.17, 15) is 4.79 Å². The minimum absolute atomic E-state index is 0.166. The Hall–Kier alpha value is -1.29. The molecule has 0 saturated carbocycles. The van der Waals surface area contributed by atoms with E-state index < -0.39 is 6.04 Å². The van der Waals surface area contributed by atoms with E-state index in [0.717, 1.165) is 0 Å². The summed E-state index contributed by atoms with van der Waals surface area (Å²) in [6.07, 6.45) is 3.04. The Morgan fingerprint density at radius 1 is 1.50 bits per heavy atom. The van der Waals surface area contributed by atoms with Crippen molar-refractivity contribution in [3.8, 4) is 0 Å². The van der Waals surface area contributed by atoms with E-state index in [1.165, 1.54) is 6.20 Å². The van der Waals surface area contributed by atoms with Crippen LogP contribution in [0, 0.1) is 6.92 Å². The van der Waals surface area contributed by atoms with Crippen molar-refractivity contribution in [2.45, 2.75) is 19.9 Å². The molecule has 64 valence electrons. The summed E-state index contributed by atoms with van der Waals surface area (Å²) in [7, 11) is 0. The number of aromatic nitrogens is 2. The van der Waals surface area contributed by atoms with Crippen LogP contribution >= 0.6 is 0 Å². The van der Waals surface area contributed by atoms with E-state index >= 15 is 0 Å². The average molecular weight is 165 g/mol. The molecule has 0 aliphatic heterocycles. The van der Waals surface area contributed by atoms with E-state index in [1.807, 2.05) is 0 Å². The summed E-state index contributed by atoms with van der Waals surface area (Å²) in [6, 6.07) is -0.514. The van der Waals surface area contributed by atoms with Crippen molar-refractivity contribution in [1.29, 1.82) is 0 Å². The third-order valence-electron chi connectivity index (χ3n) is 1.53. The lowest BCUT2D eigenvalue weighted by Gasteiger charge is -2.04. The van der Waals surface area contributed by atoms with Gasteiger partial charge in [0.2, 0.25) is 0 Å². The molecule has 1 atom stereocenters. The molecule has 4 nitrogen and oxygen atoms in total. The number of carbonyl (C=O) groups is 1. The standard InChI is InChI=1S/C8H11N3O/c1-5(9)8(12)7-6(2)10-3-4-11-7/h3-5H,9H2,1-2H3. The quantitative estimate of drug-likeness (QED) is 0.640. The van der Waals surface area contributed by atoms with Gasteiger partial charge in [-0.1, -0.05) is 0 Å². The van der Waals surface area contributed by atoms with Gasteiger partial charge >= 0.3 is 0 Å². The second-order valence-corrected chi connectivity index (χ2v) is 2.64. The van der Waals surface area contributed by atoms with Gasteiger partial charge in [-0.3, -0.25) is 9.78 Å². The summed E-state index contributed by atoms with van der Waals surface area (Å²) in [5.41, 5.74) is 6.41. The molecule has 1 rings (SSSR count). The molecule has 0 aliphatic carbocycles. The summed E-state index contributed by atoms with van der Waals surface area (Å²) in [6.45, 7) is 3.37. The molecular weight excluding hydrogens is 154 g/mol. The van der Waals surface area contributed by atoms with Crippen LogP contribution in [0.4, 0.5) is 0 Å². The first-order chi connectivity index (χ1) is 5.63. The maximum absolute atomic E-state index is 11.3. The maximum atomic E-state index is 11.3. The van der Waals surface area contributed by atoms with Gasteiger partial charge in [0, 0.05) is 12.4 Å². The maximum Gasteiger partial charge on any atom is 0.199 e. The number of hydrogen-bond donors (Lipinski definition) is 1. The molecule has 0 bridgehead atoms. The Kier molecular flexibility index (Phi) is 2.50. The molecule has 1 unspecified atom stereocenters. The van der Waals surface area contributed by atoms with Crippen LogP contribution in [0.25, 0.3) is 0 Å². The zero-order valence-corrected chi connectivity index (χ0v) is 7.11. The number of nitrogens with zero attached hydrogens (tertiary/aromatic N) is 2. The number of aryl methyl sites for hydroxylation is 1. The third-order valence-corrected chi connectivity index (χ3v) is 1.53. The molecule has 0 amide bonds. The van der Waals surface area contributed by atoms with Crippen molar-refractivity contribution < 1.29 is 4.79 Å². The number of nitrogens with two attached hydrogens (primary N) is 1. The minimum Gasteiger partial charge on any atom is -0.321 e. The number of Topliss-reactive ketones (excluding diaryl/α,β-unsaturated/α-hetero) is 1. The second-order valence-electron chi connectivity index (χ2n) is 2.64. The summed E-state index contributed by atoms with van der Waals surface area (Å²) in [4.78, 5) is 19.2. The highest BCUT2D eigenvalue weighted by Crippen LogP contribution is 2.01. The van der Waals surface area contributed by atoms with Crippen molar-refractivity contribution in [1.82, 2.24) is 9.97 Å². The first-order valence-electron chi connectivity index (χ1n) is 3.70. The van der Waals surface area contributed by atoms with Gasteiger partial charge < -0.3 is 5.73 Å². The van der Waals surface area contributed by atoms with Crippen LogP contribution in [-0.2, 0) is 0 Å². The molecule has 0 aliphatic rings. The fourth-order valence-electron chi connectivity index (χ4n) is 0.865. The van der Waals surface area contributed by atoms with Gasteiger partial charge in [-0.05, 0) is 13.8 Å². The number of carbonyl (C=O) groups excluding carboxylic acids is 1. The van der Waals surface area contributed by atoms with Crippen LogP contribution in [0.5, 0.6) is 0 Å². The van der Waals surface area contributed by atoms with E-state index in [-0.39, 0.29) is 5.78 Å². The predicted octanol–water partition coefficient (Wildman–Crippen LogP) is 0.315. The zero-order chi connectivity index (χ0) is 9.14. The van der Waals surface area contributed by atoms with E-state index in [2.05, 4.69) is 9.97 Å². The molecule has 4 heteroatoms. The number of hydrogen-bond acceptors (Lipinski definition) is 4. The van der Waals surface area contributed by atoms with Gasteiger partial charge in [0.05, 0.1) is 11.7 Å². The largest absolute Gasteiger partial charge is 0.321 e. The highest BCUT2D eigenvalue weighted by molar-refractivity contribution is 5.98. The van der Waals surface area contributed by atoms with E-state index in [4.69, 9.17) is 5.73 Å². The molecule has 0 radical (unpaired) electrons.